The van der Waals surface area contributed by atoms with E-state index in [0.29, 0.717) is 0 Å². The van der Waals surface area contributed by atoms with E-state index in [4.69, 9.17) is 11.6 Å². The number of carbonyl (C=O) groups is 1. The summed E-state index contributed by atoms with van der Waals surface area (Å²) in [6, 6.07) is 0. The first kappa shape index (κ1) is 9.93. The number of nitrogens with one attached hydrogen (secondary N) is 1. The van der Waals surface area contributed by atoms with Crippen LogP contribution in [-0.4, -0.2) is 16.8 Å². The smallest absolute Gasteiger partial charge is 0.235 e. The van der Waals surface area contributed by atoms with Crippen LogP contribution in [0.1, 0.15) is 24.3 Å². The third-order valence-electron chi connectivity index (χ3n) is 2.55. The molecule has 1 amide bonds. The Labute approximate surface area is 91.5 Å². The zero-order valence-electron chi connectivity index (χ0n) is 7.62. The van der Waals surface area contributed by atoms with Crippen molar-refractivity contribution in [3.8, 4) is 0 Å². The largest absolute Gasteiger partial charge is 0.343 e. The molecule has 0 bridgehead atoms. The minimum absolute atomic E-state index is 0.0210. The van der Waals surface area contributed by atoms with Gasteiger partial charge in [-0.2, -0.15) is 0 Å². The molecule has 1 aromatic heterocycles. The van der Waals surface area contributed by atoms with Gasteiger partial charge in [-0.15, -0.1) is 22.9 Å². The highest BCUT2D eigenvalue weighted by atomic mass is 35.5. The molecule has 1 aliphatic rings. The Balaban J connectivity index is 2.14. The molecule has 1 N–H and O–H groups in total. The molecule has 14 heavy (non-hydrogen) atoms. The Hall–Kier alpha value is -0.610. The molecular weight excluding hydrogens is 220 g/mol. The highest BCUT2D eigenvalue weighted by molar-refractivity contribution is 7.09. The van der Waals surface area contributed by atoms with Gasteiger partial charge in [0, 0.05) is 11.6 Å². The monoisotopic (exact) mass is 230 g/mol. The van der Waals surface area contributed by atoms with Crippen molar-refractivity contribution in [2.75, 3.05) is 5.88 Å². The number of nitrogens with zero attached hydrogens (tertiary/aromatic N) is 1. The quantitative estimate of drug-likeness (QED) is 0.806. The van der Waals surface area contributed by atoms with Crippen molar-refractivity contribution in [3.63, 3.8) is 0 Å². The van der Waals surface area contributed by atoms with Gasteiger partial charge in [-0.3, -0.25) is 4.79 Å². The number of hydrogen-bond acceptors (Lipinski definition) is 3. The number of carbonyl (C=O) groups excluding carboxylic acids is 1. The Kier molecular flexibility index (Phi) is 2.74. The van der Waals surface area contributed by atoms with Crippen LogP contribution in [0.25, 0.3) is 0 Å². The second kappa shape index (κ2) is 3.87. The lowest BCUT2D eigenvalue weighted by Gasteiger charge is -2.40. The number of thiazole rings is 1. The van der Waals surface area contributed by atoms with E-state index in [1.165, 1.54) is 0 Å². The van der Waals surface area contributed by atoms with Crippen molar-refractivity contribution in [2.24, 2.45) is 0 Å². The zero-order valence-corrected chi connectivity index (χ0v) is 9.20. The molecule has 0 radical (unpaired) electrons. The zero-order chi connectivity index (χ0) is 10.0. The summed E-state index contributed by atoms with van der Waals surface area (Å²) < 4.78 is 0. The van der Waals surface area contributed by atoms with Crippen LogP contribution in [0.5, 0.6) is 0 Å². The lowest BCUT2D eigenvalue weighted by Crippen LogP contribution is -2.51. The number of hydrogen-bond donors (Lipinski definition) is 1. The van der Waals surface area contributed by atoms with Crippen LogP contribution in [-0.2, 0) is 10.3 Å². The number of alkyl halides is 1. The third kappa shape index (κ3) is 1.64. The fraction of sp³-hybridized carbons (Fsp3) is 0.556. The average Bonchev–Trinajstić information content (AvgIpc) is 2.63. The summed E-state index contributed by atoms with van der Waals surface area (Å²) in [5.41, 5.74) is -0.208. The van der Waals surface area contributed by atoms with Crippen molar-refractivity contribution in [2.45, 2.75) is 24.8 Å². The fourth-order valence-electron chi connectivity index (χ4n) is 1.68. The highest BCUT2D eigenvalue weighted by Crippen LogP contribution is 2.41. The summed E-state index contributed by atoms with van der Waals surface area (Å²) in [5.74, 6) is -0.0887. The van der Waals surface area contributed by atoms with E-state index in [9.17, 15) is 4.79 Å². The molecule has 0 aromatic carbocycles. The first-order valence-corrected chi connectivity index (χ1v) is 5.95. The van der Waals surface area contributed by atoms with Gasteiger partial charge >= 0.3 is 0 Å². The van der Waals surface area contributed by atoms with E-state index >= 15 is 0 Å². The number of amides is 1. The van der Waals surface area contributed by atoms with Crippen LogP contribution in [0, 0.1) is 0 Å². The van der Waals surface area contributed by atoms with Gasteiger partial charge in [-0.1, -0.05) is 0 Å². The molecule has 0 saturated heterocycles. The first-order valence-electron chi connectivity index (χ1n) is 4.54. The van der Waals surface area contributed by atoms with Crippen LogP contribution < -0.4 is 5.32 Å². The highest BCUT2D eigenvalue weighted by Gasteiger charge is 2.41. The van der Waals surface area contributed by atoms with Crippen molar-refractivity contribution >= 4 is 28.8 Å². The maximum absolute atomic E-state index is 11.2. The Morgan fingerprint density at radius 3 is 2.93 bits per heavy atom. The lowest BCUT2D eigenvalue weighted by atomic mass is 9.77. The molecular formula is C9H11ClN2OS. The minimum atomic E-state index is -0.208. The molecule has 5 heteroatoms. The van der Waals surface area contributed by atoms with Crippen LogP contribution in [0.3, 0.4) is 0 Å². The standard InChI is InChI=1S/C9H11ClN2OS/c10-6-7(13)12-9(2-1-3-9)8-11-4-5-14-8/h4-5H,1-3,6H2,(H,12,13). The second-order valence-electron chi connectivity index (χ2n) is 3.45. The van der Waals surface area contributed by atoms with E-state index in [1.807, 2.05) is 5.38 Å². The molecule has 1 saturated carbocycles. The molecule has 0 aliphatic heterocycles. The number of aromatic nitrogens is 1. The summed E-state index contributed by atoms with van der Waals surface area (Å²) >= 11 is 7.06. The summed E-state index contributed by atoms with van der Waals surface area (Å²) in [7, 11) is 0. The SMILES string of the molecule is O=C(CCl)NC1(c2nccs2)CCC1. The predicted octanol–water partition coefficient (Wildman–Crippen LogP) is 1.88. The minimum Gasteiger partial charge on any atom is -0.343 e. The van der Waals surface area contributed by atoms with E-state index in [0.717, 1.165) is 24.3 Å². The van der Waals surface area contributed by atoms with Crippen LogP contribution in [0.4, 0.5) is 0 Å². The molecule has 1 fully saturated rings. The van der Waals surface area contributed by atoms with Crippen LogP contribution in [0.2, 0.25) is 0 Å². The van der Waals surface area contributed by atoms with Gasteiger partial charge in [0.25, 0.3) is 0 Å². The molecule has 0 atom stereocenters. The van der Waals surface area contributed by atoms with Gasteiger partial charge in [-0.05, 0) is 19.3 Å². The van der Waals surface area contributed by atoms with Gasteiger partial charge in [0.15, 0.2) is 0 Å². The second-order valence-corrected chi connectivity index (χ2v) is 4.62. The molecule has 2 rings (SSSR count). The number of rotatable bonds is 3. The lowest BCUT2D eigenvalue weighted by molar-refractivity contribution is -0.121. The van der Waals surface area contributed by atoms with Gasteiger partial charge in [0.05, 0.1) is 5.54 Å². The van der Waals surface area contributed by atoms with Gasteiger partial charge in [-0.25, -0.2) is 4.98 Å². The molecule has 1 heterocycles. The van der Waals surface area contributed by atoms with Gasteiger partial charge in [0.1, 0.15) is 10.9 Å². The van der Waals surface area contributed by atoms with Gasteiger partial charge < -0.3 is 5.32 Å². The van der Waals surface area contributed by atoms with Crippen LogP contribution in [0.15, 0.2) is 11.6 Å². The normalized spacial score (nSPS) is 18.6. The average molecular weight is 231 g/mol. The first-order chi connectivity index (χ1) is 6.77. The Morgan fingerprint density at radius 2 is 2.50 bits per heavy atom. The van der Waals surface area contributed by atoms with Crippen molar-refractivity contribution in [3.05, 3.63) is 16.6 Å². The summed E-state index contributed by atoms with van der Waals surface area (Å²) in [6.45, 7) is 0. The fourth-order valence-corrected chi connectivity index (χ4v) is 2.60. The summed E-state index contributed by atoms with van der Waals surface area (Å²) in [5, 5.41) is 5.89. The van der Waals surface area contributed by atoms with E-state index in [1.54, 1.807) is 17.5 Å². The van der Waals surface area contributed by atoms with Crippen LogP contribution >= 0.6 is 22.9 Å². The molecule has 76 valence electrons. The van der Waals surface area contributed by atoms with Gasteiger partial charge in [0.2, 0.25) is 5.91 Å². The Bertz CT molecular complexity index is 322. The maximum atomic E-state index is 11.2. The third-order valence-corrected chi connectivity index (χ3v) is 3.77. The van der Waals surface area contributed by atoms with E-state index in [-0.39, 0.29) is 17.3 Å². The van der Waals surface area contributed by atoms with Crippen molar-refractivity contribution in [1.82, 2.24) is 10.3 Å². The molecule has 0 unspecified atom stereocenters. The van der Waals surface area contributed by atoms with Crippen molar-refractivity contribution < 1.29 is 4.79 Å². The molecule has 3 nitrogen and oxygen atoms in total. The topological polar surface area (TPSA) is 42.0 Å². The summed E-state index contributed by atoms with van der Waals surface area (Å²) in [4.78, 5) is 15.5. The number of halogens is 1. The predicted molar refractivity (Wildman–Crippen MR) is 56.5 cm³/mol. The Morgan fingerprint density at radius 1 is 1.71 bits per heavy atom. The molecule has 1 aliphatic carbocycles. The van der Waals surface area contributed by atoms with Crippen molar-refractivity contribution in [1.29, 1.82) is 0 Å². The van der Waals surface area contributed by atoms with E-state index in [2.05, 4.69) is 10.3 Å². The summed E-state index contributed by atoms with van der Waals surface area (Å²) in [6.07, 6.45) is 4.86. The maximum Gasteiger partial charge on any atom is 0.235 e. The molecule has 0 spiro atoms. The molecule has 1 aromatic rings. The van der Waals surface area contributed by atoms with E-state index < -0.39 is 0 Å².